The van der Waals surface area contributed by atoms with Gasteiger partial charge in [-0.2, -0.15) is 0 Å². The van der Waals surface area contributed by atoms with E-state index in [0.29, 0.717) is 0 Å². The smallest absolute Gasteiger partial charge is 0.344 e. The van der Waals surface area contributed by atoms with E-state index in [9.17, 15) is 18.8 Å². The molecule has 1 rings (SSSR count). The molecule has 0 aliphatic carbocycles. The van der Waals surface area contributed by atoms with Crippen molar-refractivity contribution in [3.63, 3.8) is 0 Å². The van der Waals surface area contributed by atoms with Gasteiger partial charge in [0.2, 0.25) is 0 Å². The monoisotopic (exact) mass is 312 g/mol. The maximum atomic E-state index is 12.9. The van der Waals surface area contributed by atoms with Gasteiger partial charge in [0, 0.05) is 6.07 Å². The Labute approximate surface area is 126 Å². The molecule has 0 bridgehead atoms. The van der Waals surface area contributed by atoms with Crippen molar-refractivity contribution in [1.29, 1.82) is 0 Å². The first-order valence-electron chi connectivity index (χ1n) is 6.47. The maximum Gasteiger partial charge on any atom is 0.344 e. The number of ether oxygens (including phenoxy) is 2. The van der Waals surface area contributed by atoms with Gasteiger partial charge in [-0.25, -0.2) is 14.0 Å². The number of hydrogen-bond donors (Lipinski definition) is 2. The quantitative estimate of drug-likeness (QED) is 0.761. The Morgan fingerprint density at radius 2 is 2.00 bits per heavy atom. The van der Waals surface area contributed by atoms with Crippen molar-refractivity contribution >= 4 is 17.9 Å². The molecule has 120 valence electrons. The average molecular weight is 312 g/mol. The van der Waals surface area contributed by atoms with Crippen LogP contribution >= 0.6 is 0 Å². The molecule has 0 saturated heterocycles. The molecule has 3 amide bonds. The summed E-state index contributed by atoms with van der Waals surface area (Å²) >= 11 is 0. The van der Waals surface area contributed by atoms with Crippen LogP contribution in [0.4, 0.5) is 9.18 Å². The second-order valence-electron chi connectivity index (χ2n) is 4.75. The van der Waals surface area contributed by atoms with Gasteiger partial charge in [-0.3, -0.25) is 10.1 Å². The molecule has 7 nitrogen and oxygen atoms in total. The van der Waals surface area contributed by atoms with Gasteiger partial charge in [0.1, 0.15) is 11.6 Å². The summed E-state index contributed by atoms with van der Waals surface area (Å²) in [6, 6.07) is 4.19. The number of carbonyl (C=O) groups excluding carboxylic acids is 3. The number of hydrogen-bond acceptors (Lipinski definition) is 5. The SMILES string of the molecule is CC(C)[C@H](OC(=O)COc1cccc(F)c1)C(=O)NC(N)=O. The fourth-order valence-corrected chi connectivity index (χ4v) is 1.56. The predicted octanol–water partition coefficient (Wildman–Crippen LogP) is 0.967. The molecule has 0 saturated carbocycles. The van der Waals surface area contributed by atoms with E-state index in [4.69, 9.17) is 15.2 Å². The van der Waals surface area contributed by atoms with Gasteiger partial charge in [0.05, 0.1) is 0 Å². The lowest BCUT2D eigenvalue weighted by Crippen LogP contribution is -2.46. The van der Waals surface area contributed by atoms with Gasteiger partial charge in [0.15, 0.2) is 12.7 Å². The second kappa shape index (κ2) is 7.96. The third kappa shape index (κ3) is 5.78. The number of imide groups is 1. The number of nitrogens with one attached hydrogen (secondary N) is 1. The van der Waals surface area contributed by atoms with E-state index < -0.39 is 36.4 Å². The summed E-state index contributed by atoms with van der Waals surface area (Å²) in [5.74, 6) is -2.38. The van der Waals surface area contributed by atoms with E-state index in [1.54, 1.807) is 13.8 Å². The predicted molar refractivity (Wildman–Crippen MR) is 74.3 cm³/mol. The number of carbonyl (C=O) groups is 3. The minimum atomic E-state index is -1.18. The van der Waals surface area contributed by atoms with E-state index in [-0.39, 0.29) is 11.7 Å². The fraction of sp³-hybridized carbons (Fsp3) is 0.357. The lowest BCUT2D eigenvalue weighted by molar-refractivity contribution is -0.160. The minimum Gasteiger partial charge on any atom is -0.482 e. The Bertz CT molecular complexity index is 562. The molecular formula is C14H17FN2O5. The number of halogens is 1. The largest absolute Gasteiger partial charge is 0.482 e. The molecule has 0 heterocycles. The first-order chi connectivity index (χ1) is 10.3. The van der Waals surface area contributed by atoms with Crippen LogP contribution < -0.4 is 15.8 Å². The Morgan fingerprint density at radius 3 is 2.55 bits per heavy atom. The van der Waals surface area contributed by atoms with Crippen molar-refractivity contribution in [3.8, 4) is 5.75 Å². The number of benzene rings is 1. The van der Waals surface area contributed by atoms with E-state index in [1.807, 2.05) is 5.32 Å². The highest BCUT2D eigenvalue weighted by atomic mass is 19.1. The number of esters is 1. The molecule has 0 unspecified atom stereocenters. The molecule has 8 heteroatoms. The summed E-state index contributed by atoms with van der Waals surface area (Å²) in [6.07, 6.45) is -1.18. The number of rotatable bonds is 6. The van der Waals surface area contributed by atoms with Crippen LogP contribution in [0, 0.1) is 11.7 Å². The summed E-state index contributed by atoms with van der Waals surface area (Å²) in [6.45, 7) is 2.76. The molecule has 3 N–H and O–H groups in total. The Kier molecular flexibility index (Phi) is 6.30. The fourth-order valence-electron chi connectivity index (χ4n) is 1.56. The zero-order valence-corrected chi connectivity index (χ0v) is 12.2. The Morgan fingerprint density at radius 1 is 1.32 bits per heavy atom. The van der Waals surface area contributed by atoms with Gasteiger partial charge in [-0.15, -0.1) is 0 Å². The highest BCUT2D eigenvalue weighted by Crippen LogP contribution is 2.12. The molecule has 0 aromatic heterocycles. The van der Waals surface area contributed by atoms with E-state index in [2.05, 4.69) is 0 Å². The topological polar surface area (TPSA) is 108 Å². The van der Waals surface area contributed by atoms with Crippen LogP contribution in [0.25, 0.3) is 0 Å². The molecule has 1 aromatic carbocycles. The number of primary amides is 1. The third-order valence-corrected chi connectivity index (χ3v) is 2.52. The molecule has 0 aliphatic rings. The molecule has 1 atom stereocenters. The standard InChI is InChI=1S/C14H17FN2O5/c1-8(2)12(13(19)17-14(16)20)22-11(18)7-21-10-5-3-4-9(15)6-10/h3-6,8,12H,7H2,1-2H3,(H3,16,17,19,20)/t12-/m0/s1. The van der Waals surface area contributed by atoms with Crippen molar-refractivity contribution in [2.24, 2.45) is 11.7 Å². The van der Waals surface area contributed by atoms with E-state index in [0.717, 1.165) is 6.07 Å². The third-order valence-electron chi connectivity index (χ3n) is 2.52. The van der Waals surface area contributed by atoms with Crippen LogP contribution in [0.15, 0.2) is 24.3 Å². The molecule has 0 aliphatic heterocycles. The summed E-state index contributed by atoms with van der Waals surface area (Å²) in [4.78, 5) is 34.0. The molecular weight excluding hydrogens is 295 g/mol. The van der Waals surface area contributed by atoms with Gasteiger partial charge in [0.25, 0.3) is 5.91 Å². The van der Waals surface area contributed by atoms with Crippen LogP contribution in [0.5, 0.6) is 5.75 Å². The molecule has 22 heavy (non-hydrogen) atoms. The number of amides is 3. The minimum absolute atomic E-state index is 0.152. The number of nitrogens with two attached hydrogens (primary N) is 1. The van der Waals surface area contributed by atoms with Crippen molar-refractivity contribution in [1.82, 2.24) is 5.32 Å². The lowest BCUT2D eigenvalue weighted by Gasteiger charge is -2.19. The second-order valence-corrected chi connectivity index (χ2v) is 4.75. The van der Waals surface area contributed by atoms with Crippen molar-refractivity contribution in [3.05, 3.63) is 30.1 Å². The van der Waals surface area contributed by atoms with Crippen LogP contribution in [0.2, 0.25) is 0 Å². The Balaban J connectivity index is 2.56. The number of urea groups is 1. The first kappa shape index (κ1) is 17.4. The van der Waals surface area contributed by atoms with E-state index in [1.165, 1.54) is 18.2 Å². The van der Waals surface area contributed by atoms with Crippen molar-refractivity contribution < 1.29 is 28.2 Å². The van der Waals surface area contributed by atoms with Gasteiger partial charge < -0.3 is 15.2 Å². The van der Waals surface area contributed by atoms with Crippen LogP contribution in [-0.4, -0.2) is 30.6 Å². The van der Waals surface area contributed by atoms with Gasteiger partial charge in [-0.05, 0) is 18.1 Å². The zero-order chi connectivity index (χ0) is 16.7. The van der Waals surface area contributed by atoms with Crippen molar-refractivity contribution in [2.75, 3.05) is 6.61 Å². The van der Waals surface area contributed by atoms with Crippen LogP contribution in [0.3, 0.4) is 0 Å². The summed E-state index contributed by atoms with van der Waals surface area (Å²) in [5, 5.41) is 1.84. The van der Waals surface area contributed by atoms with Crippen molar-refractivity contribution in [2.45, 2.75) is 20.0 Å². The molecule has 1 aromatic rings. The molecule has 0 radical (unpaired) electrons. The first-order valence-corrected chi connectivity index (χ1v) is 6.47. The summed E-state index contributed by atoms with van der Waals surface area (Å²) < 4.78 is 22.9. The normalized spacial score (nSPS) is 11.6. The highest BCUT2D eigenvalue weighted by Gasteiger charge is 2.27. The summed E-state index contributed by atoms with van der Waals surface area (Å²) in [5.41, 5.74) is 4.84. The van der Waals surface area contributed by atoms with E-state index >= 15 is 0 Å². The Hall–Kier alpha value is -2.64. The molecule has 0 spiro atoms. The van der Waals surface area contributed by atoms with Gasteiger partial charge in [-0.1, -0.05) is 19.9 Å². The highest BCUT2D eigenvalue weighted by molar-refractivity contribution is 5.96. The summed E-state index contributed by atoms with van der Waals surface area (Å²) in [7, 11) is 0. The molecule has 0 fully saturated rings. The maximum absolute atomic E-state index is 12.9. The zero-order valence-electron chi connectivity index (χ0n) is 12.2. The lowest BCUT2D eigenvalue weighted by atomic mass is 10.1. The van der Waals surface area contributed by atoms with Crippen LogP contribution in [-0.2, 0) is 14.3 Å². The van der Waals surface area contributed by atoms with Gasteiger partial charge >= 0.3 is 12.0 Å². The average Bonchev–Trinajstić information content (AvgIpc) is 2.41. The van der Waals surface area contributed by atoms with Crippen LogP contribution in [0.1, 0.15) is 13.8 Å².